The van der Waals surface area contributed by atoms with Crippen LogP contribution in [0.3, 0.4) is 0 Å². The van der Waals surface area contributed by atoms with Gasteiger partial charge in [-0.15, -0.1) is 0 Å². The molecule has 1 amide bonds. The van der Waals surface area contributed by atoms with Crippen molar-refractivity contribution in [2.45, 2.75) is 52.5 Å². The number of carbonyl (C=O) groups is 2. The van der Waals surface area contributed by atoms with Crippen LogP contribution in [0.1, 0.15) is 58.1 Å². The van der Waals surface area contributed by atoms with Crippen LogP contribution >= 0.6 is 0 Å². The molecule has 0 aliphatic heterocycles. The Kier molecular flexibility index (Phi) is 7.30. The summed E-state index contributed by atoms with van der Waals surface area (Å²) in [4.78, 5) is 23.5. The quantitative estimate of drug-likeness (QED) is 0.664. The van der Waals surface area contributed by atoms with Gasteiger partial charge in [-0.1, -0.05) is 19.9 Å². The van der Waals surface area contributed by atoms with Gasteiger partial charge in [0.05, 0.1) is 31.1 Å². The summed E-state index contributed by atoms with van der Waals surface area (Å²) in [6.07, 6.45) is 3.00. The molecule has 6 nitrogen and oxygen atoms in total. The van der Waals surface area contributed by atoms with E-state index < -0.39 is 17.8 Å². The molecular formula is C20H29NO5. The van der Waals surface area contributed by atoms with Crippen molar-refractivity contribution in [3.05, 3.63) is 23.8 Å². The van der Waals surface area contributed by atoms with Gasteiger partial charge < -0.3 is 19.9 Å². The predicted molar refractivity (Wildman–Crippen MR) is 98.4 cm³/mol. The van der Waals surface area contributed by atoms with Crippen molar-refractivity contribution in [3.63, 3.8) is 0 Å². The fraction of sp³-hybridized carbons (Fsp3) is 0.600. The van der Waals surface area contributed by atoms with Gasteiger partial charge >= 0.3 is 5.97 Å². The Balaban J connectivity index is 2.06. The van der Waals surface area contributed by atoms with Crippen molar-refractivity contribution in [2.24, 2.45) is 11.8 Å². The Bertz CT molecular complexity index is 631. The summed E-state index contributed by atoms with van der Waals surface area (Å²) in [7, 11) is 0. The van der Waals surface area contributed by atoms with Crippen LogP contribution in [0.4, 0.5) is 0 Å². The first kappa shape index (κ1) is 20.1. The van der Waals surface area contributed by atoms with Gasteiger partial charge in [0.15, 0.2) is 11.5 Å². The number of hydrogen-bond acceptors (Lipinski definition) is 4. The maximum atomic E-state index is 12.4. The molecule has 2 N–H and O–H groups in total. The molecule has 0 saturated heterocycles. The molecule has 3 unspecified atom stereocenters. The maximum Gasteiger partial charge on any atom is 0.307 e. The molecule has 1 fully saturated rings. The Labute approximate surface area is 154 Å². The van der Waals surface area contributed by atoms with E-state index in [1.165, 1.54) is 0 Å². The highest BCUT2D eigenvalue weighted by Crippen LogP contribution is 2.36. The number of carboxylic acid groups (broad SMARTS) is 1. The average Bonchev–Trinajstić information content (AvgIpc) is 2.56. The summed E-state index contributed by atoms with van der Waals surface area (Å²) < 4.78 is 11.5. The molecule has 144 valence electrons. The van der Waals surface area contributed by atoms with Crippen molar-refractivity contribution < 1.29 is 24.2 Å². The van der Waals surface area contributed by atoms with Gasteiger partial charge in [-0.25, -0.2) is 0 Å². The van der Waals surface area contributed by atoms with Crippen LogP contribution in [0.15, 0.2) is 18.2 Å². The second-order valence-electron chi connectivity index (χ2n) is 6.76. The Hall–Kier alpha value is -2.24. The van der Waals surface area contributed by atoms with Crippen LogP contribution in [-0.4, -0.2) is 30.2 Å². The van der Waals surface area contributed by atoms with Crippen LogP contribution in [0.5, 0.6) is 11.5 Å². The van der Waals surface area contributed by atoms with Crippen LogP contribution in [0.25, 0.3) is 0 Å². The molecule has 3 atom stereocenters. The van der Waals surface area contributed by atoms with Gasteiger partial charge in [0.25, 0.3) is 0 Å². The zero-order chi connectivity index (χ0) is 19.1. The Morgan fingerprint density at radius 2 is 1.73 bits per heavy atom. The molecule has 0 radical (unpaired) electrons. The average molecular weight is 363 g/mol. The molecule has 2 rings (SSSR count). The monoisotopic (exact) mass is 363 g/mol. The third-order valence-electron chi connectivity index (χ3n) is 4.68. The van der Waals surface area contributed by atoms with Crippen molar-refractivity contribution in [2.75, 3.05) is 13.2 Å². The molecule has 0 bridgehead atoms. The van der Waals surface area contributed by atoms with E-state index in [2.05, 4.69) is 5.32 Å². The molecule has 1 aliphatic rings. The SMILES string of the molecule is CCCOc1ccc(C(C)NC(=O)C2CCC2C(=O)O)cc1OCCC. The van der Waals surface area contributed by atoms with Crippen molar-refractivity contribution >= 4 is 11.9 Å². The number of rotatable bonds is 10. The standard InChI is InChI=1S/C20H29NO5/c1-4-10-25-17-9-6-14(12-18(17)26-11-5-2)13(3)21-19(22)15-7-8-16(15)20(23)24/h6,9,12-13,15-16H,4-5,7-8,10-11H2,1-3H3,(H,21,22)(H,23,24). The van der Waals surface area contributed by atoms with Crippen molar-refractivity contribution in [1.29, 1.82) is 0 Å². The number of carbonyl (C=O) groups excluding carboxylic acids is 1. The topological polar surface area (TPSA) is 84.9 Å². The van der Waals surface area contributed by atoms with E-state index in [4.69, 9.17) is 14.6 Å². The van der Waals surface area contributed by atoms with E-state index in [1.54, 1.807) is 0 Å². The molecule has 1 aromatic carbocycles. The summed E-state index contributed by atoms with van der Waals surface area (Å²) in [5.74, 6) is -0.706. The lowest BCUT2D eigenvalue weighted by atomic mass is 9.73. The third kappa shape index (κ3) is 4.90. The maximum absolute atomic E-state index is 12.4. The summed E-state index contributed by atoms with van der Waals surface area (Å²) in [5, 5.41) is 12.0. The van der Waals surface area contributed by atoms with Gasteiger partial charge in [0, 0.05) is 0 Å². The molecule has 1 aromatic rings. The van der Waals surface area contributed by atoms with Gasteiger partial charge in [-0.3, -0.25) is 9.59 Å². The fourth-order valence-electron chi connectivity index (χ4n) is 2.96. The predicted octanol–water partition coefficient (Wildman–Crippen LogP) is 3.55. The fourth-order valence-corrected chi connectivity index (χ4v) is 2.96. The summed E-state index contributed by atoms with van der Waals surface area (Å²) in [5.41, 5.74) is 0.902. The minimum Gasteiger partial charge on any atom is -0.490 e. The first-order chi connectivity index (χ1) is 12.5. The van der Waals surface area contributed by atoms with Crippen LogP contribution in [-0.2, 0) is 9.59 Å². The van der Waals surface area contributed by atoms with Crippen LogP contribution in [0, 0.1) is 11.8 Å². The van der Waals surface area contributed by atoms with Crippen LogP contribution in [0.2, 0.25) is 0 Å². The first-order valence-corrected chi connectivity index (χ1v) is 9.40. The molecule has 0 aromatic heterocycles. The van der Waals surface area contributed by atoms with Gasteiger partial charge in [-0.05, 0) is 50.3 Å². The summed E-state index contributed by atoms with van der Waals surface area (Å²) in [6.45, 7) is 7.18. The second kappa shape index (κ2) is 9.46. The highest BCUT2D eigenvalue weighted by atomic mass is 16.5. The van der Waals surface area contributed by atoms with Gasteiger partial charge in [0.2, 0.25) is 5.91 Å². The number of ether oxygens (including phenoxy) is 2. The Morgan fingerprint density at radius 1 is 1.12 bits per heavy atom. The van der Waals surface area contributed by atoms with Gasteiger partial charge in [0.1, 0.15) is 0 Å². The molecule has 6 heteroatoms. The lowest BCUT2D eigenvalue weighted by molar-refractivity contribution is -0.152. The van der Waals surface area contributed by atoms with E-state index in [0.717, 1.165) is 18.4 Å². The van der Waals surface area contributed by atoms with Crippen molar-refractivity contribution in [3.8, 4) is 11.5 Å². The number of aliphatic carboxylic acids is 1. The highest BCUT2D eigenvalue weighted by Gasteiger charge is 2.41. The lowest BCUT2D eigenvalue weighted by Gasteiger charge is -2.33. The molecular weight excluding hydrogens is 334 g/mol. The van der Waals surface area contributed by atoms with Crippen LogP contribution < -0.4 is 14.8 Å². The first-order valence-electron chi connectivity index (χ1n) is 9.40. The summed E-state index contributed by atoms with van der Waals surface area (Å²) >= 11 is 0. The summed E-state index contributed by atoms with van der Waals surface area (Å²) in [6, 6.07) is 5.43. The zero-order valence-electron chi connectivity index (χ0n) is 15.8. The number of nitrogens with one attached hydrogen (secondary N) is 1. The molecule has 1 saturated carbocycles. The number of carboxylic acids is 1. The molecule has 0 heterocycles. The minimum atomic E-state index is -0.892. The van der Waals surface area contributed by atoms with E-state index >= 15 is 0 Å². The number of amides is 1. The smallest absolute Gasteiger partial charge is 0.307 e. The third-order valence-corrected chi connectivity index (χ3v) is 4.68. The van der Waals surface area contributed by atoms with Crippen molar-refractivity contribution in [1.82, 2.24) is 5.32 Å². The second-order valence-corrected chi connectivity index (χ2v) is 6.76. The molecule has 26 heavy (non-hydrogen) atoms. The van der Waals surface area contributed by atoms with E-state index in [9.17, 15) is 9.59 Å². The normalized spacial score (nSPS) is 20.0. The molecule has 0 spiro atoms. The number of hydrogen-bond donors (Lipinski definition) is 2. The highest BCUT2D eigenvalue weighted by molar-refractivity contribution is 5.86. The van der Waals surface area contributed by atoms with E-state index in [0.29, 0.717) is 37.6 Å². The largest absolute Gasteiger partial charge is 0.490 e. The van der Waals surface area contributed by atoms with Gasteiger partial charge in [-0.2, -0.15) is 0 Å². The number of benzene rings is 1. The molecule has 1 aliphatic carbocycles. The lowest BCUT2D eigenvalue weighted by Crippen LogP contribution is -2.44. The van der Waals surface area contributed by atoms with E-state index in [-0.39, 0.29) is 11.9 Å². The zero-order valence-corrected chi connectivity index (χ0v) is 15.8. The Morgan fingerprint density at radius 3 is 2.27 bits per heavy atom. The minimum absolute atomic E-state index is 0.196. The van der Waals surface area contributed by atoms with E-state index in [1.807, 2.05) is 39.0 Å².